The van der Waals surface area contributed by atoms with Gasteiger partial charge >= 0.3 is 0 Å². The van der Waals surface area contributed by atoms with E-state index in [2.05, 4.69) is 5.32 Å². The highest BCUT2D eigenvalue weighted by Gasteiger charge is 2.56. The van der Waals surface area contributed by atoms with Gasteiger partial charge in [-0.25, -0.2) is 0 Å². The Morgan fingerprint density at radius 1 is 1.29 bits per heavy atom. The minimum Gasteiger partial charge on any atom is -0.550 e. The standard InChI is InChI=1S/C17H19NO3/c1-17(16(20)21)13-8-7-12(9-13)14(17)15(19)18-10-11-5-3-2-4-6-11/h2-8,12-14H,9-10H2,1H3,(H,18,19)(H,20,21)/p-1/t12-,13+,14+,17-/m1/s1. The Kier molecular flexibility index (Phi) is 3.32. The highest BCUT2D eigenvalue weighted by Crippen LogP contribution is 2.55. The number of carbonyl (C=O) groups is 2. The molecule has 0 spiro atoms. The lowest BCUT2D eigenvalue weighted by molar-refractivity contribution is -0.321. The summed E-state index contributed by atoms with van der Waals surface area (Å²) >= 11 is 0. The molecule has 1 amide bonds. The van der Waals surface area contributed by atoms with Crippen LogP contribution < -0.4 is 10.4 Å². The average molecular weight is 284 g/mol. The Labute approximate surface area is 123 Å². The van der Waals surface area contributed by atoms with Crippen LogP contribution in [0, 0.1) is 23.2 Å². The number of benzene rings is 1. The lowest BCUT2D eigenvalue weighted by Gasteiger charge is -2.38. The van der Waals surface area contributed by atoms with Gasteiger partial charge in [-0.05, 0) is 23.8 Å². The molecule has 0 aromatic heterocycles. The van der Waals surface area contributed by atoms with Crippen LogP contribution in [0.2, 0.25) is 0 Å². The van der Waals surface area contributed by atoms with Crippen molar-refractivity contribution < 1.29 is 14.7 Å². The second-order valence-electron chi connectivity index (χ2n) is 6.14. The van der Waals surface area contributed by atoms with E-state index in [0.717, 1.165) is 12.0 Å². The van der Waals surface area contributed by atoms with Crippen molar-refractivity contribution in [3.05, 3.63) is 48.0 Å². The fourth-order valence-electron chi connectivity index (χ4n) is 3.73. The zero-order valence-corrected chi connectivity index (χ0v) is 11.9. The van der Waals surface area contributed by atoms with Gasteiger partial charge < -0.3 is 15.2 Å². The van der Waals surface area contributed by atoms with Gasteiger partial charge in [0.1, 0.15) is 0 Å². The number of nitrogens with one attached hydrogen (secondary N) is 1. The smallest absolute Gasteiger partial charge is 0.224 e. The van der Waals surface area contributed by atoms with E-state index in [1.54, 1.807) is 6.92 Å². The molecule has 2 aliphatic carbocycles. The van der Waals surface area contributed by atoms with Crippen LogP contribution in [-0.4, -0.2) is 11.9 Å². The van der Waals surface area contributed by atoms with Gasteiger partial charge in [-0.15, -0.1) is 0 Å². The van der Waals surface area contributed by atoms with Gasteiger partial charge in [0.25, 0.3) is 0 Å². The molecule has 3 rings (SSSR count). The van der Waals surface area contributed by atoms with E-state index in [0.29, 0.717) is 6.54 Å². The van der Waals surface area contributed by atoms with E-state index in [4.69, 9.17) is 0 Å². The van der Waals surface area contributed by atoms with Crippen LogP contribution in [0.1, 0.15) is 18.9 Å². The molecule has 4 nitrogen and oxygen atoms in total. The van der Waals surface area contributed by atoms with Gasteiger partial charge in [0.2, 0.25) is 5.91 Å². The molecule has 4 atom stereocenters. The molecule has 1 fully saturated rings. The summed E-state index contributed by atoms with van der Waals surface area (Å²) in [5, 5.41) is 14.4. The van der Waals surface area contributed by atoms with Gasteiger partial charge in [-0.1, -0.05) is 49.4 Å². The molecule has 0 radical (unpaired) electrons. The highest BCUT2D eigenvalue weighted by atomic mass is 16.4. The number of allylic oxidation sites excluding steroid dienone is 2. The lowest BCUT2D eigenvalue weighted by atomic mass is 9.69. The Morgan fingerprint density at radius 2 is 2.00 bits per heavy atom. The van der Waals surface area contributed by atoms with Crippen LogP contribution >= 0.6 is 0 Å². The third-order valence-electron chi connectivity index (χ3n) is 4.99. The molecule has 4 heteroatoms. The SMILES string of the molecule is C[C@]1(C(=O)[O-])[C@H](C(=O)NCc2ccccc2)[C@@H]2C=C[C@H]1C2. The molecule has 110 valence electrons. The first-order valence-corrected chi connectivity index (χ1v) is 7.25. The summed E-state index contributed by atoms with van der Waals surface area (Å²) in [7, 11) is 0. The van der Waals surface area contributed by atoms with Gasteiger partial charge in [0, 0.05) is 17.9 Å². The number of carboxylic acid groups (broad SMARTS) is 1. The van der Waals surface area contributed by atoms with Gasteiger partial charge in [0.05, 0.1) is 5.92 Å². The van der Waals surface area contributed by atoms with Crippen LogP contribution in [0.3, 0.4) is 0 Å². The number of hydrogen-bond donors (Lipinski definition) is 1. The maximum atomic E-state index is 12.5. The molecular weight excluding hydrogens is 266 g/mol. The lowest BCUT2D eigenvalue weighted by Crippen LogP contribution is -2.52. The number of rotatable bonds is 4. The molecule has 0 aliphatic heterocycles. The van der Waals surface area contributed by atoms with Crippen LogP contribution in [0.25, 0.3) is 0 Å². The van der Waals surface area contributed by atoms with E-state index in [1.165, 1.54) is 0 Å². The summed E-state index contributed by atoms with van der Waals surface area (Å²) in [5.41, 5.74) is -0.0973. The van der Waals surface area contributed by atoms with Crippen molar-refractivity contribution in [2.75, 3.05) is 0 Å². The number of hydrogen-bond acceptors (Lipinski definition) is 3. The maximum Gasteiger partial charge on any atom is 0.224 e. The van der Waals surface area contributed by atoms with Crippen molar-refractivity contribution in [1.82, 2.24) is 5.32 Å². The van der Waals surface area contributed by atoms with Gasteiger partial charge in [-0.3, -0.25) is 4.79 Å². The number of fused-ring (bicyclic) bond motifs is 2. The second-order valence-corrected chi connectivity index (χ2v) is 6.14. The highest BCUT2D eigenvalue weighted by molar-refractivity contribution is 5.88. The Balaban J connectivity index is 1.75. The summed E-state index contributed by atoms with van der Waals surface area (Å²) in [6.07, 6.45) is 4.62. The summed E-state index contributed by atoms with van der Waals surface area (Å²) in [5.74, 6) is -1.95. The topological polar surface area (TPSA) is 69.2 Å². The Morgan fingerprint density at radius 3 is 2.67 bits per heavy atom. The average Bonchev–Trinajstić information content (AvgIpc) is 3.05. The van der Waals surface area contributed by atoms with E-state index >= 15 is 0 Å². The Hall–Kier alpha value is -2.10. The second kappa shape index (κ2) is 5.02. The predicted molar refractivity (Wildman–Crippen MR) is 75.6 cm³/mol. The first kappa shape index (κ1) is 13.9. The molecule has 1 aromatic carbocycles. The van der Waals surface area contributed by atoms with E-state index in [1.807, 2.05) is 42.5 Å². The van der Waals surface area contributed by atoms with Crippen LogP contribution in [-0.2, 0) is 16.1 Å². The van der Waals surface area contributed by atoms with Gasteiger partial charge in [-0.2, -0.15) is 0 Å². The first-order valence-electron chi connectivity index (χ1n) is 7.25. The van der Waals surface area contributed by atoms with Crippen molar-refractivity contribution in [1.29, 1.82) is 0 Å². The molecular formula is C17H18NO3-. The zero-order chi connectivity index (χ0) is 15.0. The predicted octanol–water partition coefficient (Wildman–Crippen LogP) is 0.881. The monoisotopic (exact) mass is 284 g/mol. The molecule has 1 N–H and O–H groups in total. The van der Waals surface area contributed by atoms with Crippen molar-refractivity contribution in [2.45, 2.75) is 19.9 Å². The van der Waals surface area contributed by atoms with Crippen LogP contribution in [0.15, 0.2) is 42.5 Å². The molecule has 0 saturated heterocycles. The zero-order valence-electron chi connectivity index (χ0n) is 11.9. The molecule has 2 bridgehead atoms. The normalized spacial score (nSPS) is 33.1. The number of aliphatic carboxylic acids is 1. The number of carboxylic acids is 1. The third-order valence-corrected chi connectivity index (χ3v) is 4.99. The maximum absolute atomic E-state index is 12.5. The van der Waals surface area contributed by atoms with Crippen molar-refractivity contribution in [3.63, 3.8) is 0 Å². The minimum atomic E-state index is -1.13. The molecule has 0 unspecified atom stereocenters. The van der Waals surface area contributed by atoms with E-state index in [-0.39, 0.29) is 17.7 Å². The third kappa shape index (κ3) is 2.15. The van der Waals surface area contributed by atoms with Crippen LogP contribution in [0.4, 0.5) is 0 Å². The quantitative estimate of drug-likeness (QED) is 0.835. The van der Waals surface area contributed by atoms with E-state index < -0.39 is 17.3 Å². The van der Waals surface area contributed by atoms with Gasteiger partial charge in [0.15, 0.2) is 0 Å². The summed E-state index contributed by atoms with van der Waals surface area (Å²) < 4.78 is 0. The fraction of sp³-hybridized carbons (Fsp3) is 0.412. The molecule has 1 aromatic rings. The molecule has 21 heavy (non-hydrogen) atoms. The minimum absolute atomic E-state index is 0.00803. The largest absolute Gasteiger partial charge is 0.550 e. The van der Waals surface area contributed by atoms with Crippen molar-refractivity contribution >= 4 is 11.9 Å². The molecule has 1 saturated carbocycles. The fourth-order valence-corrected chi connectivity index (χ4v) is 3.73. The molecule has 0 heterocycles. The van der Waals surface area contributed by atoms with Crippen molar-refractivity contribution in [3.8, 4) is 0 Å². The summed E-state index contributed by atoms with van der Waals surface area (Å²) in [4.78, 5) is 24.1. The van der Waals surface area contributed by atoms with E-state index in [9.17, 15) is 14.7 Å². The Bertz CT molecular complexity index is 595. The number of carbonyl (C=O) groups excluding carboxylic acids is 2. The number of amides is 1. The van der Waals surface area contributed by atoms with Crippen LogP contribution in [0.5, 0.6) is 0 Å². The van der Waals surface area contributed by atoms with Crippen molar-refractivity contribution in [2.24, 2.45) is 23.2 Å². The summed E-state index contributed by atoms with van der Waals surface area (Å²) in [6.45, 7) is 2.06. The summed E-state index contributed by atoms with van der Waals surface area (Å²) in [6, 6.07) is 9.59. The first-order chi connectivity index (χ1) is 10.0. The molecule has 2 aliphatic rings.